The molecule has 0 bridgehead atoms. The van der Waals surface area contributed by atoms with E-state index in [1.807, 2.05) is 62.4 Å². The third-order valence-corrected chi connectivity index (χ3v) is 6.22. The first kappa shape index (κ1) is 20.9. The number of carbonyl (C=O) groups excluding carboxylic acids is 1. The molecule has 1 atom stereocenters. The number of nitrogens with one attached hydrogen (secondary N) is 1. The van der Waals surface area contributed by atoms with Crippen molar-refractivity contribution < 1.29 is 9.53 Å². The molecule has 1 fully saturated rings. The van der Waals surface area contributed by atoms with Crippen LogP contribution < -0.4 is 4.74 Å². The lowest BCUT2D eigenvalue weighted by Gasteiger charge is -2.37. The van der Waals surface area contributed by atoms with Crippen molar-refractivity contribution in [1.29, 1.82) is 0 Å². The molecular weight excluding hydrogens is 398 g/mol. The van der Waals surface area contributed by atoms with Gasteiger partial charge in [-0.3, -0.25) is 14.6 Å². The summed E-state index contributed by atoms with van der Waals surface area (Å²) in [4.78, 5) is 21.3. The molecule has 3 aromatic rings. The van der Waals surface area contributed by atoms with Crippen molar-refractivity contribution in [3.8, 4) is 5.75 Å². The Hall–Kier alpha value is -2.34. The molecule has 1 aliphatic rings. The second kappa shape index (κ2) is 9.21. The maximum atomic E-state index is 13.3. The van der Waals surface area contributed by atoms with E-state index >= 15 is 0 Å². The SMILES string of the molecule is Cc1[nH]c2ccccc2c1C(=O)[C@H](C)N1CCN(CCOc2ccc(Cl)cc2)CC1. The Balaban J connectivity index is 1.29. The second-order valence-corrected chi connectivity index (χ2v) is 8.33. The molecule has 2 aromatic carbocycles. The fourth-order valence-electron chi connectivity index (χ4n) is 4.17. The number of benzene rings is 2. The molecule has 0 unspecified atom stereocenters. The number of rotatable bonds is 7. The molecule has 158 valence electrons. The van der Waals surface area contributed by atoms with Crippen LogP contribution in [-0.4, -0.2) is 65.9 Å². The van der Waals surface area contributed by atoms with Crippen LogP contribution in [0.15, 0.2) is 48.5 Å². The predicted octanol–water partition coefficient (Wildman–Crippen LogP) is 4.40. The minimum Gasteiger partial charge on any atom is -0.492 e. The Labute approximate surface area is 182 Å². The average Bonchev–Trinajstić information content (AvgIpc) is 3.10. The van der Waals surface area contributed by atoms with Gasteiger partial charge < -0.3 is 9.72 Å². The minimum absolute atomic E-state index is 0.129. The topological polar surface area (TPSA) is 48.6 Å². The second-order valence-electron chi connectivity index (χ2n) is 7.89. The van der Waals surface area contributed by atoms with Gasteiger partial charge in [-0.25, -0.2) is 0 Å². The number of para-hydroxylation sites is 1. The van der Waals surface area contributed by atoms with E-state index in [0.29, 0.717) is 11.6 Å². The van der Waals surface area contributed by atoms with E-state index < -0.39 is 0 Å². The van der Waals surface area contributed by atoms with E-state index in [1.165, 1.54) is 0 Å². The fourth-order valence-corrected chi connectivity index (χ4v) is 4.29. The number of fused-ring (bicyclic) bond motifs is 1. The number of piperazine rings is 1. The van der Waals surface area contributed by atoms with Crippen LogP contribution in [-0.2, 0) is 0 Å². The first-order chi connectivity index (χ1) is 14.5. The summed E-state index contributed by atoms with van der Waals surface area (Å²) in [6.45, 7) is 9.18. The number of halogens is 1. The highest BCUT2D eigenvalue weighted by Crippen LogP contribution is 2.24. The molecule has 1 N–H and O–H groups in total. The Bertz CT molecular complexity index is 1010. The van der Waals surface area contributed by atoms with Gasteiger partial charge in [0.2, 0.25) is 0 Å². The van der Waals surface area contributed by atoms with Crippen molar-refractivity contribution in [3.63, 3.8) is 0 Å². The highest BCUT2D eigenvalue weighted by molar-refractivity contribution is 6.30. The van der Waals surface area contributed by atoms with Gasteiger partial charge in [-0.1, -0.05) is 29.8 Å². The molecule has 6 heteroatoms. The van der Waals surface area contributed by atoms with Crippen LogP contribution in [0.1, 0.15) is 23.0 Å². The number of Topliss-reactive ketones (excluding diaryl/α,β-unsaturated/α-hetero) is 1. The summed E-state index contributed by atoms with van der Waals surface area (Å²) < 4.78 is 5.81. The van der Waals surface area contributed by atoms with Crippen LogP contribution in [0.2, 0.25) is 5.02 Å². The van der Waals surface area contributed by atoms with Gasteiger partial charge >= 0.3 is 0 Å². The molecule has 0 amide bonds. The summed E-state index contributed by atoms with van der Waals surface area (Å²) in [6.07, 6.45) is 0. The Kier molecular flexibility index (Phi) is 6.42. The van der Waals surface area contributed by atoms with E-state index in [1.54, 1.807) is 0 Å². The van der Waals surface area contributed by atoms with Crippen LogP contribution in [0.25, 0.3) is 10.9 Å². The highest BCUT2D eigenvalue weighted by atomic mass is 35.5. The van der Waals surface area contributed by atoms with E-state index in [2.05, 4.69) is 14.8 Å². The number of ketones is 1. The quantitative estimate of drug-likeness (QED) is 0.570. The molecule has 5 nitrogen and oxygen atoms in total. The summed E-state index contributed by atoms with van der Waals surface area (Å²) in [6, 6.07) is 15.4. The van der Waals surface area contributed by atoms with Crippen LogP contribution in [0.3, 0.4) is 0 Å². The molecule has 1 aromatic heterocycles. The zero-order valence-corrected chi connectivity index (χ0v) is 18.3. The van der Waals surface area contributed by atoms with Crippen LogP contribution >= 0.6 is 11.6 Å². The lowest BCUT2D eigenvalue weighted by atomic mass is 10.0. The molecule has 1 aliphatic heterocycles. The summed E-state index contributed by atoms with van der Waals surface area (Å²) in [5.74, 6) is 1.04. The largest absolute Gasteiger partial charge is 0.492 e. The average molecular weight is 426 g/mol. The Morgan fingerprint density at radius 1 is 1.10 bits per heavy atom. The first-order valence-corrected chi connectivity index (χ1v) is 10.9. The summed E-state index contributed by atoms with van der Waals surface area (Å²) in [5.41, 5.74) is 2.80. The molecular formula is C24H28ClN3O2. The van der Waals surface area contributed by atoms with Crippen LogP contribution in [0.5, 0.6) is 5.75 Å². The maximum absolute atomic E-state index is 13.3. The van der Waals surface area contributed by atoms with E-state index in [4.69, 9.17) is 16.3 Å². The highest BCUT2D eigenvalue weighted by Gasteiger charge is 2.28. The monoisotopic (exact) mass is 425 g/mol. The van der Waals surface area contributed by atoms with Gasteiger partial charge in [0, 0.05) is 59.9 Å². The van der Waals surface area contributed by atoms with Crippen molar-refractivity contribution in [2.24, 2.45) is 0 Å². The number of carbonyl (C=O) groups is 1. The van der Waals surface area contributed by atoms with Crippen molar-refractivity contribution in [2.45, 2.75) is 19.9 Å². The summed E-state index contributed by atoms with van der Waals surface area (Å²) in [5, 5.41) is 1.73. The first-order valence-electron chi connectivity index (χ1n) is 10.5. The normalized spacial score (nSPS) is 16.6. The predicted molar refractivity (Wildman–Crippen MR) is 122 cm³/mol. The van der Waals surface area contributed by atoms with E-state index in [9.17, 15) is 4.79 Å². The van der Waals surface area contributed by atoms with Gasteiger partial charge in [0.1, 0.15) is 12.4 Å². The lowest BCUT2D eigenvalue weighted by Crippen LogP contribution is -2.52. The number of aromatic amines is 1. The summed E-state index contributed by atoms with van der Waals surface area (Å²) in [7, 11) is 0. The third kappa shape index (κ3) is 4.53. The fraction of sp³-hybridized carbons (Fsp3) is 0.375. The number of ether oxygens (including phenoxy) is 1. The van der Waals surface area contributed by atoms with E-state index in [0.717, 1.165) is 60.6 Å². The molecule has 0 spiro atoms. The lowest BCUT2D eigenvalue weighted by molar-refractivity contribution is 0.0674. The Morgan fingerprint density at radius 3 is 2.53 bits per heavy atom. The molecule has 2 heterocycles. The Morgan fingerprint density at radius 2 is 1.80 bits per heavy atom. The number of nitrogens with zero attached hydrogens (tertiary/aromatic N) is 2. The minimum atomic E-state index is -0.129. The number of H-pyrrole nitrogens is 1. The summed E-state index contributed by atoms with van der Waals surface area (Å²) >= 11 is 5.90. The van der Waals surface area contributed by atoms with E-state index in [-0.39, 0.29) is 11.8 Å². The smallest absolute Gasteiger partial charge is 0.182 e. The van der Waals surface area contributed by atoms with Gasteiger partial charge in [0.25, 0.3) is 0 Å². The third-order valence-electron chi connectivity index (χ3n) is 5.96. The van der Waals surface area contributed by atoms with Gasteiger partial charge in [-0.05, 0) is 44.2 Å². The number of hydrogen-bond acceptors (Lipinski definition) is 4. The standard InChI is InChI=1S/C24H28ClN3O2/c1-17-23(21-5-3-4-6-22(21)26-17)24(29)18(2)28-13-11-27(12-14-28)15-16-30-20-9-7-19(25)8-10-20/h3-10,18,26H,11-16H2,1-2H3/t18-/m0/s1. The molecule has 1 saturated heterocycles. The van der Waals surface area contributed by atoms with Crippen LogP contribution in [0.4, 0.5) is 0 Å². The maximum Gasteiger partial charge on any atom is 0.182 e. The molecule has 0 radical (unpaired) electrons. The number of aromatic nitrogens is 1. The molecule has 0 aliphatic carbocycles. The molecule has 0 saturated carbocycles. The molecule has 30 heavy (non-hydrogen) atoms. The van der Waals surface area contributed by atoms with Gasteiger partial charge in [0.05, 0.1) is 6.04 Å². The van der Waals surface area contributed by atoms with Crippen molar-refractivity contribution in [3.05, 3.63) is 64.8 Å². The van der Waals surface area contributed by atoms with Gasteiger partial charge in [0.15, 0.2) is 5.78 Å². The number of hydrogen-bond donors (Lipinski definition) is 1. The van der Waals surface area contributed by atoms with Crippen molar-refractivity contribution in [1.82, 2.24) is 14.8 Å². The van der Waals surface area contributed by atoms with Crippen molar-refractivity contribution >= 4 is 28.3 Å². The zero-order valence-electron chi connectivity index (χ0n) is 17.5. The number of aryl methyl sites for hydroxylation is 1. The van der Waals surface area contributed by atoms with Gasteiger partial charge in [-0.15, -0.1) is 0 Å². The van der Waals surface area contributed by atoms with Crippen molar-refractivity contribution in [2.75, 3.05) is 39.3 Å². The van der Waals surface area contributed by atoms with Gasteiger partial charge in [-0.2, -0.15) is 0 Å². The van der Waals surface area contributed by atoms with Crippen LogP contribution in [0, 0.1) is 6.92 Å². The molecule has 4 rings (SSSR count). The zero-order chi connectivity index (χ0) is 21.1.